The lowest BCUT2D eigenvalue weighted by Crippen LogP contribution is -2.44. The molecule has 0 radical (unpaired) electrons. The standard InChI is InChI=1S/C36H42N2O9.C29H32O3/c1-37-21-23-38(24-22-37)29-11-17-32(18-12-29)47-36(42)28-9-15-31(16-10-28)46-35(41)27-7-13-30(14-8-27)45-34(40)20-19-33(39)44-26-6-4-3-5-25-43-2;1-3-4-5-6-7-8-23-11-17-25(18-12-23)28(30)21-24-13-19-27(20-14-24)32-29(31)26-15-9-22(2)10-16-26/h7-18H,3-6,19-26H2,1-2H3;9-20H,3-8,21H2,1-2H3. The molecule has 0 saturated carbocycles. The first kappa shape index (κ1) is 60.3. The molecule has 14 heteroatoms. The maximum atomic E-state index is 12.7. The summed E-state index contributed by atoms with van der Waals surface area (Å²) in [5.41, 5.74) is 6.15. The van der Waals surface area contributed by atoms with Crippen LogP contribution >= 0.6 is 0 Å². The molecule has 416 valence electrons. The first-order chi connectivity index (χ1) is 38.3. The first-order valence-electron chi connectivity index (χ1n) is 27.4. The van der Waals surface area contributed by atoms with Crippen LogP contribution in [0, 0.1) is 6.92 Å². The summed E-state index contributed by atoms with van der Waals surface area (Å²) in [4.78, 5) is 78.8. The van der Waals surface area contributed by atoms with E-state index in [2.05, 4.69) is 35.9 Å². The number of hydrogen-bond acceptors (Lipinski definition) is 14. The number of ketones is 1. The van der Waals surface area contributed by atoms with E-state index in [9.17, 15) is 28.8 Å². The molecular weight excluding hydrogens is 1000 g/mol. The van der Waals surface area contributed by atoms with Crippen LogP contribution < -0.4 is 23.8 Å². The second-order valence-electron chi connectivity index (χ2n) is 19.6. The number of benzene rings is 6. The van der Waals surface area contributed by atoms with E-state index in [0.29, 0.717) is 35.7 Å². The summed E-state index contributed by atoms with van der Waals surface area (Å²) < 4.78 is 31.8. The molecule has 0 aliphatic carbocycles. The van der Waals surface area contributed by atoms with Crippen LogP contribution in [0.1, 0.15) is 136 Å². The second kappa shape index (κ2) is 32.7. The summed E-state index contributed by atoms with van der Waals surface area (Å²) in [6, 6.07) is 41.8. The highest BCUT2D eigenvalue weighted by molar-refractivity contribution is 5.97. The highest BCUT2D eigenvalue weighted by atomic mass is 16.6. The van der Waals surface area contributed by atoms with Crippen molar-refractivity contribution in [1.29, 1.82) is 0 Å². The predicted octanol–water partition coefficient (Wildman–Crippen LogP) is 12.5. The van der Waals surface area contributed by atoms with Crippen LogP contribution in [0.25, 0.3) is 0 Å². The number of ether oxygens (including phenoxy) is 6. The monoisotopic (exact) mass is 1070 g/mol. The average molecular weight is 1080 g/mol. The molecule has 0 spiro atoms. The molecule has 1 aliphatic heterocycles. The van der Waals surface area contributed by atoms with Gasteiger partial charge in [0.1, 0.15) is 23.0 Å². The summed E-state index contributed by atoms with van der Waals surface area (Å²) in [5.74, 6) is -1.11. The molecule has 6 aromatic carbocycles. The summed E-state index contributed by atoms with van der Waals surface area (Å²) in [6.45, 7) is 9.15. The van der Waals surface area contributed by atoms with Gasteiger partial charge in [-0.1, -0.05) is 93.1 Å². The summed E-state index contributed by atoms with van der Waals surface area (Å²) in [5, 5.41) is 0. The van der Waals surface area contributed by atoms with Gasteiger partial charge in [0.2, 0.25) is 0 Å². The van der Waals surface area contributed by atoms with Gasteiger partial charge in [-0.15, -0.1) is 0 Å². The Bertz CT molecular complexity index is 2840. The lowest BCUT2D eigenvalue weighted by atomic mass is 10.00. The Morgan fingerprint density at radius 1 is 0.443 bits per heavy atom. The topological polar surface area (TPSA) is 164 Å². The van der Waals surface area contributed by atoms with Gasteiger partial charge in [-0.25, -0.2) is 14.4 Å². The minimum absolute atomic E-state index is 0.0757. The molecule has 0 amide bonds. The van der Waals surface area contributed by atoms with Crippen molar-refractivity contribution in [2.24, 2.45) is 0 Å². The van der Waals surface area contributed by atoms with Crippen molar-refractivity contribution in [2.45, 2.75) is 97.3 Å². The molecule has 0 aromatic heterocycles. The molecule has 14 nitrogen and oxygen atoms in total. The third kappa shape index (κ3) is 21.4. The Kier molecular flexibility index (Phi) is 25.0. The Labute approximate surface area is 464 Å². The van der Waals surface area contributed by atoms with Crippen molar-refractivity contribution in [1.82, 2.24) is 4.90 Å². The fourth-order valence-electron chi connectivity index (χ4n) is 8.39. The third-order valence-electron chi connectivity index (χ3n) is 13.2. The molecule has 1 aliphatic rings. The molecule has 0 N–H and O–H groups in total. The normalized spacial score (nSPS) is 12.1. The van der Waals surface area contributed by atoms with Crippen molar-refractivity contribution < 1.29 is 57.2 Å². The van der Waals surface area contributed by atoms with E-state index in [4.69, 9.17) is 28.4 Å². The van der Waals surface area contributed by atoms with Crippen LogP contribution in [0.3, 0.4) is 0 Å². The Morgan fingerprint density at radius 2 is 0.873 bits per heavy atom. The molecule has 6 aromatic rings. The van der Waals surface area contributed by atoms with Crippen LogP contribution in [0.15, 0.2) is 146 Å². The summed E-state index contributed by atoms with van der Waals surface area (Å²) in [6.07, 6.45) is 11.2. The third-order valence-corrected chi connectivity index (χ3v) is 13.2. The fourth-order valence-corrected chi connectivity index (χ4v) is 8.39. The van der Waals surface area contributed by atoms with Gasteiger partial charge in [0.05, 0.1) is 36.1 Å². The molecule has 0 unspecified atom stereocenters. The second-order valence-corrected chi connectivity index (χ2v) is 19.6. The van der Waals surface area contributed by atoms with Crippen molar-refractivity contribution in [2.75, 3.05) is 58.5 Å². The minimum Gasteiger partial charge on any atom is -0.466 e. The molecule has 7 rings (SSSR count). The number of carbonyl (C=O) groups is 6. The Balaban J connectivity index is 0.000000274. The molecule has 0 bridgehead atoms. The van der Waals surface area contributed by atoms with E-state index in [1.54, 1.807) is 43.5 Å². The zero-order valence-electron chi connectivity index (χ0n) is 46.1. The maximum absolute atomic E-state index is 12.7. The van der Waals surface area contributed by atoms with E-state index >= 15 is 0 Å². The highest BCUT2D eigenvalue weighted by Gasteiger charge is 2.17. The predicted molar refractivity (Wildman–Crippen MR) is 305 cm³/mol. The molecule has 1 heterocycles. The molecule has 79 heavy (non-hydrogen) atoms. The maximum Gasteiger partial charge on any atom is 0.343 e. The highest BCUT2D eigenvalue weighted by Crippen LogP contribution is 2.24. The lowest BCUT2D eigenvalue weighted by Gasteiger charge is -2.34. The van der Waals surface area contributed by atoms with E-state index in [0.717, 1.165) is 87.3 Å². The van der Waals surface area contributed by atoms with Crippen LogP contribution in [-0.4, -0.2) is 94.1 Å². The van der Waals surface area contributed by atoms with E-state index in [1.807, 2.05) is 55.5 Å². The van der Waals surface area contributed by atoms with Gasteiger partial charge in [0.25, 0.3) is 0 Å². The van der Waals surface area contributed by atoms with Crippen molar-refractivity contribution in [3.8, 4) is 23.0 Å². The smallest absolute Gasteiger partial charge is 0.343 e. The number of hydrogen-bond donors (Lipinski definition) is 0. The molecular formula is C65H74N2O12. The number of anilines is 1. The van der Waals surface area contributed by atoms with Crippen LogP contribution in [-0.2, 0) is 31.9 Å². The fraction of sp³-hybridized carbons (Fsp3) is 0.354. The number of Topliss-reactive ketones (excluding diaryl/α,β-unsaturated/α-hetero) is 1. The Morgan fingerprint density at radius 3 is 1.41 bits per heavy atom. The lowest BCUT2D eigenvalue weighted by molar-refractivity contribution is -0.147. The number of piperazine rings is 1. The first-order valence-corrected chi connectivity index (χ1v) is 27.4. The van der Waals surface area contributed by atoms with Crippen LogP contribution in [0.2, 0.25) is 0 Å². The number of esters is 5. The Hall–Kier alpha value is -7.94. The van der Waals surface area contributed by atoms with Crippen LogP contribution in [0.4, 0.5) is 5.69 Å². The van der Waals surface area contributed by atoms with E-state index < -0.39 is 23.9 Å². The van der Waals surface area contributed by atoms with Gasteiger partial charge in [0.15, 0.2) is 5.78 Å². The largest absolute Gasteiger partial charge is 0.466 e. The van der Waals surface area contributed by atoms with E-state index in [1.165, 1.54) is 86.2 Å². The van der Waals surface area contributed by atoms with Gasteiger partial charge in [-0.2, -0.15) is 0 Å². The number of rotatable bonds is 27. The van der Waals surface area contributed by atoms with Crippen molar-refractivity contribution in [3.63, 3.8) is 0 Å². The quantitative estimate of drug-likeness (QED) is 0.0207. The number of likely N-dealkylation sites (N-methyl/N-ethyl adjacent to an activating group) is 1. The summed E-state index contributed by atoms with van der Waals surface area (Å²) >= 11 is 0. The van der Waals surface area contributed by atoms with Crippen molar-refractivity contribution >= 4 is 41.3 Å². The zero-order chi connectivity index (χ0) is 56.2. The number of aryl methyl sites for hydroxylation is 2. The number of unbranched alkanes of at least 4 members (excludes halogenated alkanes) is 7. The van der Waals surface area contributed by atoms with Gasteiger partial charge in [0, 0.05) is 57.6 Å². The minimum atomic E-state index is -0.625. The average Bonchev–Trinajstić information content (AvgIpc) is 3.46. The number of carbonyl (C=O) groups excluding carboxylic acids is 6. The number of nitrogens with zero attached hydrogens (tertiary/aromatic N) is 2. The van der Waals surface area contributed by atoms with Gasteiger partial charge >= 0.3 is 29.8 Å². The van der Waals surface area contributed by atoms with Crippen LogP contribution in [0.5, 0.6) is 23.0 Å². The van der Waals surface area contributed by atoms with Crippen molar-refractivity contribution in [3.05, 3.63) is 185 Å². The van der Waals surface area contributed by atoms with Gasteiger partial charge in [-0.3, -0.25) is 14.4 Å². The zero-order valence-corrected chi connectivity index (χ0v) is 46.1. The molecule has 0 atom stereocenters. The number of methoxy groups -OCH3 is 1. The van der Waals surface area contributed by atoms with Gasteiger partial charge in [-0.05, 0) is 154 Å². The molecule has 1 fully saturated rings. The van der Waals surface area contributed by atoms with Gasteiger partial charge < -0.3 is 38.2 Å². The SMILES string of the molecule is CCCCCCCc1ccc(C(=O)Cc2ccc(OC(=O)c3ccc(C)cc3)cc2)cc1.COCCCCCCOC(=O)CCC(=O)Oc1ccc(C(=O)Oc2ccc(C(=O)Oc3ccc(N4CCN(C)CC4)cc3)cc2)cc1. The van der Waals surface area contributed by atoms with E-state index in [-0.39, 0.29) is 41.7 Å². The molecule has 1 saturated heterocycles. The summed E-state index contributed by atoms with van der Waals surface area (Å²) in [7, 11) is 3.78.